The minimum atomic E-state index is -5.62. The van der Waals surface area contributed by atoms with Crippen LogP contribution in [0.1, 0.15) is 12.6 Å². The lowest BCUT2D eigenvalue weighted by atomic mass is 10.2. The lowest BCUT2D eigenvalue weighted by Crippen LogP contribution is -2.19. The van der Waals surface area contributed by atoms with Gasteiger partial charge in [-0.1, -0.05) is 0 Å². The minimum Gasteiger partial charge on any atom is -0.388 e. The summed E-state index contributed by atoms with van der Waals surface area (Å²) in [6.45, 7) is -0.693. The molecule has 17 nitrogen and oxygen atoms in total. The SMILES string of the molecule is Nc1ncnc2c1ncn2C1O[C@H](COP(=O)(O)OP(=O)(O)OP(=O)(O)O)CC1O. The van der Waals surface area contributed by atoms with E-state index in [4.69, 9.17) is 25.2 Å². The van der Waals surface area contributed by atoms with Crippen LogP contribution in [0.5, 0.6) is 0 Å². The normalized spacial score (nSPS) is 26.5. The Bertz CT molecular complexity index is 1070. The van der Waals surface area contributed by atoms with E-state index in [2.05, 4.69) is 28.1 Å². The maximum Gasteiger partial charge on any atom is 0.490 e. The van der Waals surface area contributed by atoms with Gasteiger partial charge in [0.25, 0.3) is 0 Å². The molecule has 0 radical (unpaired) electrons. The van der Waals surface area contributed by atoms with Crippen molar-refractivity contribution in [2.24, 2.45) is 0 Å². The van der Waals surface area contributed by atoms with E-state index in [9.17, 15) is 23.7 Å². The standard InChI is InChI=1S/C10H16N5O12P3/c11-8-7-9(13-3-12-8)15(4-14-7)10-6(16)1-5(25-10)2-24-29(20,21)27-30(22,23)26-28(17,18)19/h3-6,10,16H,1-2H2,(H,20,21)(H,22,23)(H2,11,12,13)(H2,17,18,19)/t5-,6?,10?/m0/s1. The Labute approximate surface area is 166 Å². The van der Waals surface area contributed by atoms with Crippen molar-refractivity contribution in [1.29, 1.82) is 0 Å². The summed E-state index contributed by atoms with van der Waals surface area (Å²) in [5.74, 6) is 0.107. The Kier molecular flexibility index (Phi) is 6.47. The van der Waals surface area contributed by atoms with E-state index in [0.29, 0.717) is 0 Å². The number of imidazole rings is 1. The molecule has 20 heteroatoms. The zero-order chi connectivity index (χ0) is 22.3. The second-order valence-corrected chi connectivity index (χ2v) is 10.3. The number of rotatable bonds is 8. The van der Waals surface area contributed by atoms with Crippen LogP contribution in [-0.2, 0) is 31.6 Å². The van der Waals surface area contributed by atoms with Crippen LogP contribution in [0, 0.1) is 0 Å². The summed E-state index contributed by atoms with van der Waals surface area (Å²) in [4.78, 5) is 47.4. The van der Waals surface area contributed by atoms with Crippen molar-refractivity contribution in [3.63, 3.8) is 0 Å². The zero-order valence-corrected chi connectivity index (χ0v) is 17.3. The van der Waals surface area contributed by atoms with Crippen LogP contribution in [0.15, 0.2) is 12.7 Å². The highest BCUT2D eigenvalue weighted by atomic mass is 31.3. The number of aliphatic hydroxyl groups is 1. The van der Waals surface area contributed by atoms with Gasteiger partial charge in [0.2, 0.25) is 0 Å². The van der Waals surface area contributed by atoms with Crippen molar-refractivity contribution in [1.82, 2.24) is 19.5 Å². The summed E-state index contributed by atoms with van der Waals surface area (Å²) in [5.41, 5.74) is 6.22. The molecule has 1 fully saturated rings. The fraction of sp³-hybridized carbons (Fsp3) is 0.500. The van der Waals surface area contributed by atoms with Crippen LogP contribution >= 0.6 is 23.5 Å². The Morgan fingerprint density at radius 3 is 2.50 bits per heavy atom. The van der Waals surface area contributed by atoms with Gasteiger partial charge in [-0.2, -0.15) is 8.62 Å². The van der Waals surface area contributed by atoms with E-state index in [1.54, 1.807) is 0 Å². The number of nitrogens with two attached hydrogens (primary N) is 1. The summed E-state index contributed by atoms with van der Waals surface area (Å²) in [6, 6.07) is 0. The Balaban J connectivity index is 1.63. The third-order valence-electron chi connectivity index (χ3n) is 3.67. The van der Waals surface area contributed by atoms with Gasteiger partial charge in [-0.25, -0.2) is 28.6 Å². The Morgan fingerprint density at radius 1 is 1.13 bits per heavy atom. The second kappa shape index (κ2) is 8.31. The number of aliphatic hydroxyl groups excluding tert-OH is 1. The smallest absolute Gasteiger partial charge is 0.388 e. The summed E-state index contributed by atoms with van der Waals surface area (Å²) in [7, 11) is -16.4. The van der Waals surface area contributed by atoms with Crippen LogP contribution in [0.4, 0.5) is 5.82 Å². The molecule has 0 aliphatic carbocycles. The lowest BCUT2D eigenvalue weighted by Gasteiger charge is -2.18. The molecule has 0 bridgehead atoms. The van der Waals surface area contributed by atoms with E-state index < -0.39 is 48.5 Å². The molecule has 2 aromatic rings. The van der Waals surface area contributed by atoms with Gasteiger partial charge in [0.05, 0.1) is 19.0 Å². The lowest BCUT2D eigenvalue weighted by molar-refractivity contribution is -0.0481. The number of phosphoric ester groups is 1. The quantitative estimate of drug-likeness (QED) is 0.252. The van der Waals surface area contributed by atoms with E-state index in [0.717, 1.165) is 0 Å². The van der Waals surface area contributed by atoms with Gasteiger partial charge in [0, 0.05) is 6.42 Å². The van der Waals surface area contributed by atoms with Gasteiger partial charge in [0.15, 0.2) is 17.7 Å². The number of hydrogen-bond donors (Lipinski definition) is 6. The summed E-state index contributed by atoms with van der Waals surface area (Å²) >= 11 is 0. The molecule has 1 aliphatic heterocycles. The van der Waals surface area contributed by atoms with Gasteiger partial charge < -0.3 is 35.2 Å². The first-order valence-electron chi connectivity index (χ1n) is 7.81. The summed E-state index contributed by atoms with van der Waals surface area (Å²) in [6.07, 6.45) is -0.711. The van der Waals surface area contributed by atoms with Crippen molar-refractivity contribution in [3.05, 3.63) is 12.7 Å². The molecule has 0 saturated carbocycles. The molecule has 5 atom stereocenters. The van der Waals surface area contributed by atoms with Crippen molar-refractivity contribution in [2.45, 2.75) is 24.9 Å². The first-order chi connectivity index (χ1) is 13.8. The van der Waals surface area contributed by atoms with Gasteiger partial charge in [-0.15, -0.1) is 0 Å². The number of hydrogen-bond acceptors (Lipinski definition) is 12. The highest BCUT2D eigenvalue weighted by molar-refractivity contribution is 7.66. The fourth-order valence-electron chi connectivity index (χ4n) is 2.62. The molecule has 0 amide bonds. The predicted octanol–water partition coefficient (Wildman–Crippen LogP) is -0.600. The maximum atomic E-state index is 11.8. The van der Waals surface area contributed by atoms with E-state index in [1.807, 2.05) is 0 Å². The predicted molar refractivity (Wildman–Crippen MR) is 94.1 cm³/mol. The van der Waals surface area contributed by atoms with Crippen LogP contribution in [0.3, 0.4) is 0 Å². The molecule has 1 saturated heterocycles. The minimum absolute atomic E-state index is 0.0827. The monoisotopic (exact) mass is 491 g/mol. The topological polar surface area (TPSA) is 259 Å². The number of ether oxygens (including phenoxy) is 1. The largest absolute Gasteiger partial charge is 0.490 e. The number of fused-ring (bicyclic) bond motifs is 1. The van der Waals surface area contributed by atoms with Crippen LogP contribution < -0.4 is 5.73 Å². The van der Waals surface area contributed by atoms with Crippen molar-refractivity contribution in [2.75, 3.05) is 12.3 Å². The maximum absolute atomic E-state index is 11.8. The van der Waals surface area contributed by atoms with E-state index in [-0.39, 0.29) is 23.4 Å². The van der Waals surface area contributed by atoms with Crippen molar-refractivity contribution in [3.8, 4) is 0 Å². The first-order valence-corrected chi connectivity index (χ1v) is 12.3. The number of phosphoric acid groups is 3. The molecule has 30 heavy (non-hydrogen) atoms. The molecule has 4 unspecified atom stereocenters. The van der Waals surface area contributed by atoms with E-state index >= 15 is 0 Å². The molecule has 1 aliphatic rings. The molecule has 3 rings (SSSR count). The van der Waals surface area contributed by atoms with Crippen molar-refractivity contribution < 1.29 is 56.3 Å². The molecular weight excluding hydrogens is 475 g/mol. The average Bonchev–Trinajstić information content (AvgIpc) is 3.13. The van der Waals surface area contributed by atoms with Crippen LogP contribution in [0.25, 0.3) is 11.2 Å². The number of anilines is 1. The average molecular weight is 491 g/mol. The third-order valence-corrected chi connectivity index (χ3v) is 7.47. The highest BCUT2D eigenvalue weighted by Crippen LogP contribution is 2.66. The molecule has 2 aromatic heterocycles. The summed E-state index contributed by atoms with van der Waals surface area (Å²) in [5, 5.41) is 10.2. The van der Waals surface area contributed by atoms with Crippen molar-refractivity contribution >= 4 is 40.4 Å². The summed E-state index contributed by atoms with van der Waals surface area (Å²) < 4.78 is 52.3. The van der Waals surface area contributed by atoms with Crippen LogP contribution in [0.2, 0.25) is 0 Å². The van der Waals surface area contributed by atoms with Gasteiger partial charge in [0.1, 0.15) is 17.9 Å². The third kappa shape index (κ3) is 5.68. The van der Waals surface area contributed by atoms with Gasteiger partial charge in [-0.05, 0) is 0 Å². The molecule has 0 spiro atoms. The number of nitrogen functional groups attached to an aromatic ring is 1. The number of aromatic nitrogens is 4. The van der Waals surface area contributed by atoms with Crippen LogP contribution in [-0.4, -0.2) is 63.0 Å². The molecule has 168 valence electrons. The second-order valence-electron chi connectivity index (χ2n) is 5.92. The molecule has 7 N–H and O–H groups in total. The fourth-order valence-corrected chi connectivity index (χ4v) is 5.67. The highest BCUT2D eigenvalue weighted by Gasteiger charge is 2.42. The molecule has 3 heterocycles. The molecular formula is C10H16N5O12P3. The van der Waals surface area contributed by atoms with Gasteiger partial charge >= 0.3 is 23.5 Å². The number of nitrogens with zero attached hydrogens (tertiary/aromatic N) is 4. The molecule has 0 aromatic carbocycles. The first kappa shape index (κ1) is 23.3. The van der Waals surface area contributed by atoms with Gasteiger partial charge in [-0.3, -0.25) is 9.09 Å². The van der Waals surface area contributed by atoms with E-state index in [1.165, 1.54) is 17.2 Å². The Hall–Kier alpha value is -1.32. The zero-order valence-electron chi connectivity index (χ0n) is 14.6. The Morgan fingerprint density at radius 2 is 1.83 bits per heavy atom.